The second kappa shape index (κ2) is 39.0. The van der Waals surface area contributed by atoms with Gasteiger partial charge in [-0.25, -0.2) is 0 Å². The van der Waals surface area contributed by atoms with Crippen molar-refractivity contribution < 1.29 is 34.1 Å². The van der Waals surface area contributed by atoms with Crippen LogP contribution in [0, 0.1) is 0 Å². The van der Waals surface area contributed by atoms with Gasteiger partial charge in [0.15, 0.2) is 0 Å². The van der Waals surface area contributed by atoms with Crippen LogP contribution in [0.25, 0.3) is 0 Å². The molecule has 0 heterocycles. The number of hydrogen-bond acceptors (Lipinski definition) is 0. The molecule has 39 valence electrons. The zero-order chi connectivity index (χ0) is 0. The summed E-state index contributed by atoms with van der Waals surface area (Å²) in [5.74, 6) is 0. The molecule has 6 heteroatoms. The Hall–Kier alpha value is 3.51. The van der Waals surface area contributed by atoms with Crippen molar-refractivity contribution in [2.24, 2.45) is 0 Å². The molecule has 0 aliphatic carbocycles. The van der Waals surface area contributed by atoms with Gasteiger partial charge in [-0.05, 0) is 0 Å². The van der Waals surface area contributed by atoms with E-state index in [1.54, 1.807) is 0 Å². The minimum Gasteiger partial charge on any atom is 0 e. The molecule has 0 amide bonds. The molecule has 6 heavy (non-hydrogen) atoms. The molecule has 11 radical (unpaired) electrons. The molecule has 0 bridgehead atoms. The van der Waals surface area contributed by atoms with E-state index in [9.17, 15) is 0 Å². The second-order valence-electron chi connectivity index (χ2n) is 0. The van der Waals surface area contributed by atoms with Crippen LogP contribution in [-0.2, 0) is 34.1 Å². The van der Waals surface area contributed by atoms with E-state index in [2.05, 4.69) is 0 Å². The van der Waals surface area contributed by atoms with Crippen LogP contribution in [0.4, 0.5) is 0 Å². The van der Waals surface area contributed by atoms with Crippen LogP contribution in [0.1, 0.15) is 0 Å². The molecule has 0 N–H and O–H groups in total. The molecule has 0 fully saturated rings. The van der Waals surface area contributed by atoms with E-state index in [1.807, 2.05) is 0 Å². The van der Waals surface area contributed by atoms with E-state index in [1.165, 1.54) is 0 Å². The van der Waals surface area contributed by atoms with E-state index in [0.29, 0.717) is 0 Å². The van der Waals surface area contributed by atoms with Crippen LogP contribution in [-0.4, -0.2) is 79.9 Å². The largest absolute Gasteiger partial charge is 0 e. The molecule has 0 unspecified atom stereocenters. The van der Waals surface area contributed by atoms with Crippen molar-refractivity contribution in [1.29, 1.82) is 0 Å². The van der Waals surface area contributed by atoms with Crippen LogP contribution in [0.15, 0.2) is 0 Å². The zero-order valence-corrected chi connectivity index (χ0v) is 12.1. The Bertz CT molecular complexity index is 11.5. The predicted octanol–water partition coefficient (Wildman–Crippen LogP) is -2.06. The maximum Gasteiger partial charge on any atom is 0 e. The van der Waals surface area contributed by atoms with Crippen LogP contribution >= 0.6 is 0 Å². The summed E-state index contributed by atoms with van der Waals surface area (Å²) in [4.78, 5) is 0. The number of hydrogen-bond donors (Lipinski definition) is 0. The molecule has 0 aromatic heterocycles. The fourth-order valence-corrected chi connectivity index (χ4v) is 0. The molecule has 0 atom stereocenters. The zero-order valence-electron chi connectivity index (χ0n) is 2.07. The van der Waals surface area contributed by atoms with Gasteiger partial charge in [-0.3, -0.25) is 0 Å². The Morgan fingerprint density at radius 1 is 0.667 bits per heavy atom. The molecule has 0 aliphatic rings. The van der Waals surface area contributed by atoms with E-state index in [4.69, 9.17) is 0 Å². The van der Waals surface area contributed by atoms with Gasteiger partial charge in [-0.15, -0.1) is 0 Å². The molecule has 0 saturated carbocycles. The first-order valence-corrected chi connectivity index (χ1v) is 0. The third-order valence-electron chi connectivity index (χ3n) is 0. The maximum absolute atomic E-state index is 0. The van der Waals surface area contributed by atoms with E-state index in [-0.39, 0.29) is 114 Å². The van der Waals surface area contributed by atoms with Gasteiger partial charge >= 0.3 is 10.1 Å². The normalized spacial score (nSPS) is 0. The van der Waals surface area contributed by atoms with Crippen LogP contribution in [0.5, 0.6) is 0 Å². The fraction of sp³-hybridized carbons (Fsp3) is 0. The van der Waals surface area contributed by atoms with Crippen LogP contribution < -0.4 is 0 Å². The van der Waals surface area contributed by atoms with Gasteiger partial charge < -0.3 is 0 Å². The summed E-state index contributed by atoms with van der Waals surface area (Å²) < 4.78 is 0. The average molecular weight is 583 g/mol. The second-order valence-corrected chi connectivity index (χ2v) is 0. The number of rotatable bonds is 0. The Morgan fingerprint density at radius 3 is 0.667 bits per heavy atom. The fourth-order valence-electron chi connectivity index (χ4n) is 0. The third-order valence-corrected chi connectivity index (χ3v) is 0. The van der Waals surface area contributed by atoms with Gasteiger partial charge in [0.2, 0.25) is 0 Å². The molecular formula is H2AlBeBi2Cu2. The SMILES string of the molecule is [Al].[BeH2].[Bi].[Bi].[Cu].[Cu]. The van der Waals surface area contributed by atoms with Crippen molar-refractivity contribution in [3.8, 4) is 0 Å². The Balaban J connectivity index is 0. The summed E-state index contributed by atoms with van der Waals surface area (Å²) in [5, 5.41) is 0. The summed E-state index contributed by atoms with van der Waals surface area (Å²) in [7, 11) is 0. The van der Waals surface area contributed by atoms with E-state index in [0.717, 1.165) is 0 Å². The summed E-state index contributed by atoms with van der Waals surface area (Å²) >= 11 is 0. The predicted molar refractivity (Wildman–Crippen MR) is 25.8 cm³/mol. The first-order chi connectivity index (χ1) is 0. The van der Waals surface area contributed by atoms with Crippen LogP contribution in [0.2, 0.25) is 0 Å². The molecule has 0 aliphatic heterocycles. The first-order valence-electron chi connectivity index (χ1n) is 0. The summed E-state index contributed by atoms with van der Waals surface area (Å²) in [6.45, 7) is 0. The maximum atomic E-state index is 0. The van der Waals surface area contributed by atoms with Crippen molar-refractivity contribution in [1.82, 2.24) is 0 Å². The van der Waals surface area contributed by atoms with Gasteiger partial charge in [0.05, 0.1) is 0 Å². The molecular weight excluding hydrogens is 581 g/mol. The van der Waals surface area contributed by atoms with Gasteiger partial charge in [-0.1, -0.05) is 0 Å². The summed E-state index contributed by atoms with van der Waals surface area (Å²) in [6, 6.07) is 0. The first kappa shape index (κ1) is 55.9. The van der Waals surface area contributed by atoms with Gasteiger partial charge in [0, 0.05) is 104 Å². The summed E-state index contributed by atoms with van der Waals surface area (Å²) in [5.41, 5.74) is 0. The van der Waals surface area contributed by atoms with E-state index < -0.39 is 0 Å². The van der Waals surface area contributed by atoms with E-state index >= 15 is 0 Å². The minimum absolute atomic E-state index is 0. The van der Waals surface area contributed by atoms with Crippen molar-refractivity contribution in [2.45, 2.75) is 0 Å². The Labute approximate surface area is 112 Å². The van der Waals surface area contributed by atoms with Gasteiger partial charge in [-0.2, -0.15) is 0 Å². The van der Waals surface area contributed by atoms with Crippen molar-refractivity contribution in [3.05, 3.63) is 0 Å². The minimum atomic E-state index is 0. The van der Waals surface area contributed by atoms with Crippen molar-refractivity contribution in [3.63, 3.8) is 0 Å². The average Bonchev–Trinajstić information content (AvgIpc) is 0. The van der Waals surface area contributed by atoms with Gasteiger partial charge in [0.25, 0.3) is 0 Å². The molecule has 0 aromatic rings. The van der Waals surface area contributed by atoms with Gasteiger partial charge in [0.1, 0.15) is 0 Å². The Morgan fingerprint density at radius 2 is 0.667 bits per heavy atom. The standard InChI is InChI=1S/Al.Be.2Bi.2Cu.2H. The smallest absolute Gasteiger partial charge is 0 e. The summed E-state index contributed by atoms with van der Waals surface area (Å²) in [6.07, 6.45) is 0. The molecule has 0 aromatic carbocycles. The van der Waals surface area contributed by atoms with Crippen molar-refractivity contribution >= 4 is 79.9 Å². The monoisotopic (exact) mass is 582 g/mol. The third kappa shape index (κ3) is 25.8. The molecule has 0 spiro atoms. The van der Waals surface area contributed by atoms with Crippen LogP contribution in [0.3, 0.4) is 0 Å². The van der Waals surface area contributed by atoms with Crippen molar-refractivity contribution in [2.75, 3.05) is 0 Å². The molecule has 0 nitrogen and oxygen atoms in total. The quantitative estimate of drug-likeness (QED) is 0.288. The molecule has 0 rings (SSSR count). The topological polar surface area (TPSA) is 0 Å². The Kier molecular flexibility index (Phi) is 363. The molecule has 0 saturated heterocycles.